The molecule has 0 saturated carbocycles. The lowest BCUT2D eigenvalue weighted by atomic mass is 10.0. The first-order valence-electron chi connectivity index (χ1n) is 7.75. The van der Waals surface area contributed by atoms with Crippen LogP contribution in [0, 0.1) is 0 Å². The van der Waals surface area contributed by atoms with Crippen LogP contribution < -0.4 is 4.74 Å². The van der Waals surface area contributed by atoms with E-state index in [4.69, 9.17) is 4.74 Å². The predicted octanol–water partition coefficient (Wildman–Crippen LogP) is 4.72. The van der Waals surface area contributed by atoms with Crippen molar-refractivity contribution in [2.24, 2.45) is 0 Å². The summed E-state index contributed by atoms with van der Waals surface area (Å²) in [6, 6.07) is 6.93. The molecule has 0 aliphatic heterocycles. The molecule has 0 radical (unpaired) electrons. The number of carbonyl (C=O) groups is 1. The van der Waals surface area contributed by atoms with Gasteiger partial charge in [0.2, 0.25) is 0 Å². The normalized spacial score (nSPS) is 11.6. The molecule has 0 spiro atoms. The molecule has 2 rings (SSSR count). The fraction of sp³-hybridized carbons (Fsp3) is 0.211. The molecule has 144 valence electrons. The van der Waals surface area contributed by atoms with E-state index in [9.17, 15) is 27.5 Å². The number of carbonyl (C=O) groups excluding carboxylic acids is 1. The van der Waals surface area contributed by atoms with Gasteiger partial charge in [0.1, 0.15) is 30.3 Å². The Bertz CT molecular complexity index is 827. The molecule has 0 amide bonds. The molecule has 0 unspecified atom stereocenters. The second-order valence-corrected chi connectivity index (χ2v) is 5.39. The van der Waals surface area contributed by atoms with E-state index in [1.54, 1.807) is 0 Å². The third-order valence-corrected chi connectivity index (χ3v) is 3.55. The van der Waals surface area contributed by atoms with E-state index < -0.39 is 30.1 Å². The first-order valence-corrected chi connectivity index (χ1v) is 7.75. The maximum atomic E-state index is 12.6. The van der Waals surface area contributed by atoms with E-state index in [-0.39, 0.29) is 23.5 Å². The van der Waals surface area contributed by atoms with E-state index in [1.165, 1.54) is 30.4 Å². The summed E-state index contributed by atoms with van der Waals surface area (Å²) in [6.07, 6.45) is -1.56. The molecule has 0 bridgehead atoms. The van der Waals surface area contributed by atoms with Crippen molar-refractivity contribution in [3.8, 4) is 11.5 Å². The van der Waals surface area contributed by atoms with Crippen molar-refractivity contribution in [3.63, 3.8) is 0 Å². The molecule has 0 aliphatic carbocycles. The number of phenolic OH excluding ortho intramolecular Hbond substituents is 1. The molecule has 8 heteroatoms. The van der Waals surface area contributed by atoms with Gasteiger partial charge < -0.3 is 14.6 Å². The van der Waals surface area contributed by atoms with Gasteiger partial charge in [-0.2, -0.15) is 13.2 Å². The smallest absolute Gasteiger partial charge is 0.416 e. The van der Waals surface area contributed by atoms with Crippen molar-refractivity contribution >= 4 is 18.1 Å². The Morgan fingerprint density at radius 3 is 2.37 bits per heavy atom. The zero-order valence-corrected chi connectivity index (χ0v) is 14.2. The van der Waals surface area contributed by atoms with Crippen LogP contribution in [-0.2, 0) is 10.9 Å². The van der Waals surface area contributed by atoms with Gasteiger partial charge in [-0.25, -0.2) is 9.18 Å². The fourth-order valence-electron chi connectivity index (χ4n) is 2.29. The van der Waals surface area contributed by atoms with Crippen molar-refractivity contribution in [1.29, 1.82) is 0 Å². The van der Waals surface area contributed by atoms with Gasteiger partial charge in [0.15, 0.2) is 0 Å². The number of hydrogen-bond acceptors (Lipinski definition) is 4. The zero-order chi connectivity index (χ0) is 20.0. The Balaban J connectivity index is 2.38. The van der Waals surface area contributed by atoms with E-state index in [1.807, 2.05) is 0 Å². The van der Waals surface area contributed by atoms with Crippen molar-refractivity contribution in [2.75, 3.05) is 20.4 Å². The quantitative estimate of drug-likeness (QED) is 0.445. The number of ether oxygens (including phenoxy) is 2. The van der Waals surface area contributed by atoms with Crippen molar-refractivity contribution in [1.82, 2.24) is 0 Å². The van der Waals surface area contributed by atoms with E-state index in [2.05, 4.69) is 4.74 Å². The van der Waals surface area contributed by atoms with Crippen LogP contribution in [0.25, 0.3) is 12.2 Å². The van der Waals surface area contributed by atoms with Crippen LogP contribution in [0.5, 0.6) is 11.5 Å². The number of benzene rings is 2. The summed E-state index contributed by atoms with van der Waals surface area (Å²) < 4.78 is 59.8. The van der Waals surface area contributed by atoms with Crippen molar-refractivity contribution in [2.45, 2.75) is 6.18 Å². The Labute approximate surface area is 152 Å². The molecule has 2 aromatic rings. The van der Waals surface area contributed by atoms with Crippen molar-refractivity contribution < 1.29 is 36.9 Å². The summed E-state index contributed by atoms with van der Waals surface area (Å²) in [6.45, 7) is -0.977. The highest BCUT2D eigenvalue weighted by Gasteiger charge is 2.29. The fourth-order valence-corrected chi connectivity index (χ4v) is 2.29. The second-order valence-electron chi connectivity index (χ2n) is 5.39. The van der Waals surface area contributed by atoms with Gasteiger partial charge in [0.05, 0.1) is 12.7 Å². The Morgan fingerprint density at radius 1 is 1.15 bits per heavy atom. The molecule has 0 atom stereocenters. The minimum absolute atomic E-state index is 0.130. The lowest BCUT2D eigenvalue weighted by Crippen LogP contribution is -2.06. The average molecular weight is 384 g/mol. The predicted molar refractivity (Wildman–Crippen MR) is 91.3 cm³/mol. The number of alkyl halides is 4. The van der Waals surface area contributed by atoms with Gasteiger partial charge in [-0.15, -0.1) is 0 Å². The maximum Gasteiger partial charge on any atom is 0.416 e. The Kier molecular flexibility index (Phi) is 6.44. The lowest BCUT2D eigenvalue weighted by molar-refractivity contribution is -0.137. The summed E-state index contributed by atoms with van der Waals surface area (Å²) in [5, 5.41) is 10.1. The summed E-state index contributed by atoms with van der Waals surface area (Å²) >= 11 is 0. The highest BCUT2D eigenvalue weighted by Crippen LogP contribution is 2.31. The number of halogens is 4. The molecular weight excluding hydrogens is 368 g/mol. The lowest BCUT2D eigenvalue weighted by Gasteiger charge is -2.11. The molecule has 1 N–H and O–H groups in total. The standard InChI is InChI=1S/C19H16F4O4/c1-26-18(25)17-13(10-15(11-16(17)24)27-9-8-20)5-2-12-3-6-14(7-4-12)19(21,22)23/h2-7,10-11,24H,8-9H2,1H3. The molecule has 0 fully saturated rings. The number of esters is 1. The first-order chi connectivity index (χ1) is 12.8. The largest absolute Gasteiger partial charge is 0.507 e. The third-order valence-electron chi connectivity index (χ3n) is 3.55. The molecule has 4 nitrogen and oxygen atoms in total. The second kappa shape index (κ2) is 8.57. The number of hydrogen-bond donors (Lipinski definition) is 1. The SMILES string of the molecule is COC(=O)c1c(O)cc(OCCF)cc1C=Cc1ccc(C(F)(F)F)cc1. The summed E-state index contributed by atoms with van der Waals surface area (Å²) in [7, 11) is 1.14. The van der Waals surface area contributed by atoms with Gasteiger partial charge in [0.25, 0.3) is 0 Å². The first kappa shape index (κ1) is 20.3. The maximum absolute atomic E-state index is 12.6. The zero-order valence-electron chi connectivity index (χ0n) is 14.2. The minimum Gasteiger partial charge on any atom is -0.507 e. The van der Waals surface area contributed by atoms with Gasteiger partial charge in [-0.3, -0.25) is 0 Å². The van der Waals surface area contributed by atoms with Gasteiger partial charge in [-0.1, -0.05) is 24.3 Å². The molecule has 2 aromatic carbocycles. The highest BCUT2D eigenvalue weighted by atomic mass is 19.4. The molecule has 0 aromatic heterocycles. The Morgan fingerprint density at radius 2 is 1.81 bits per heavy atom. The van der Waals surface area contributed by atoms with E-state index in [0.717, 1.165) is 25.3 Å². The molecule has 0 heterocycles. The topological polar surface area (TPSA) is 55.8 Å². The number of aromatic hydroxyl groups is 1. The van der Waals surface area contributed by atoms with Crippen LogP contribution in [0.1, 0.15) is 27.0 Å². The van der Waals surface area contributed by atoms with Crippen LogP contribution in [-0.4, -0.2) is 31.5 Å². The van der Waals surface area contributed by atoms with Gasteiger partial charge in [0, 0.05) is 6.07 Å². The van der Waals surface area contributed by atoms with Crippen LogP contribution in [0.2, 0.25) is 0 Å². The number of phenols is 1. The molecule has 27 heavy (non-hydrogen) atoms. The Hall–Kier alpha value is -3.03. The number of rotatable bonds is 6. The third kappa shape index (κ3) is 5.22. The monoisotopic (exact) mass is 384 g/mol. The van der Waals surface area contributed by atoms with Gasteiger partial charge in [-0.05, 0) is 29.3 Å². The van der Waals surface area contributed by atoms with E-state index >= 15 is 0 Å². The van der Waals surface area contributed by atoms with Crippen LogP contribution in [0.3, 0.4) is 0 Å². The summed E-state index contributed by atoms with van der Waals surface area (Å²) in [4.78, 5) is 11.9. The summed E-state index contributed by atoms with van der Waals surface area (Å²) in [5.41, 5.74) is -0.286. The van der Waals surface area contributed by atoms with Crippen LogP contribution >= 0.6 is 0 Å². The minimum atomic E-state index is -4.44. The van der Waals surface area contributed by atoms with Crippen LogP contribution in [0.4, 0.5) is 17.6 Å². The molecule has 0 saturated heterocycles. The van der Waals surface area contributed by atoms with E-state index in [0.29, 0.717) is 5.56 Å². The molecule has 0 aliphatic rings. The van der Waals surface area contributed by atoms with Crippen molar-refractivity contribution in [3.05, 3.63) is 58.7 Å². The highest BCUT2D eigenvalue weighted by molar-refractivity contribution is 5.98. The average Bonchev–Trinajstić information content (AvgIpc) is 2.63. The van der Waals surface area contributed by atoms with Crippen LogP contribution in [0.15, 0.2) is 36.4 Å². The van der Waals surface area contributed by atoms with Gasteiger partial charge >= 0.3 is 12.1 Å². The number of methoxy groups -OCH3 is 1. The summed E-state index contributed by atoms with van der Waals surface area (Å²) in [5.74, 6) is -1.10. The molecular formula is C19H16F4O4.